The first-order valence-electron chi connectivity index (χ1n) is 4.96. The van der Waals surface area contributed by atoms with Crippen LogP contribution in [0.5, 0.6) is 0 Å². The quantitative estimate of drug-likeness (QED) is 0.759. The molecule has 0 aliphatic rings. The van der Waals surface area contributed by atoms with E-state index in [2.05, 4.69) is 41.6 Å². The molecule has 2 N–H and O–H groups in total. The number of benzene rings is 1. The van der Waals surface area contributed by atoms with E-state index in [0.717, 1.165) is 17.4 Å². The molecule has 2 rings (SSSR count). The van der Waals surface area contributed by atoms with E-state index >= 15 is 0 Å². The van der Waals surface area contributed by atoms with Crippen LogP contribution in [0.25, 0.3) is 0 Å². The normalized spacial score (nSPS) is 11.3. The molecule has 2 aromatic rings. The number of carbonyl (C=O) groups is 1. The van der Waals surface area contributed by atoms with E-state index in [0.29, 0.717) is 8.26 Å². The SMILES string of the molecule is O=C(O)c1cc(S(=O)(=O)Nc2ncc(Br)s2)ccc1Br. The number of carboxylic acids is 1. The van der Waals surface area contributed by atoms with Crippen LogP contribution >= 0.6 is 43.2 Å². The molecule has 0 unspecified atom stereocenters. The van der Waals surface area contributed by atoms with Crippen molar-refractivity contribution < 1.29 is 18.3 Å². The molecule has 0 saturated heterocycles. The largest absolute Gasteiger partial charge is 0.478 e. The van der Waals surface area contributed by atoms with E-state index in [-0.39, 0.29) is 15.6 Å². The molecule has 0 aliphatic carbocycles. The Kier molecular flexibility index (Phi) is 4.47. The van der Waals surface area contributed by atoms with Gasteiger partial charge in [0, 0.05) is 4.47 Å². The molecule has 0 atom stereocenters. The van der Waals surface area contributed by atoms with Crippen molar-refractivity contribution in [2.24, 2.45) is 0 Å². The van der Waals surface area contributed by atoms with Gasteiger partial charge in [0.25, 0.3) is 10.0 Å². The second-order valence-corrected chi connectivity index (χ2v) is 8.47. The van der Waals surface area contributed by atoms with Crippen LogP contribution in [0.4, 0.5) is 5.13 Å². The fraction of sp³-hybridized carbons (Fsp3) is 0. The second kappa shape index (κ2) is 5.80. The van der Waals surface area contributed by atoms with E-state index in [1.54, 1.807) is 0 Å². The number of hydrogen-bond donors (Lipinski definition) is 2. The minimum absolute atomic E-state index is 0.131. The second-order valence-electron chi connectivity index (χ2n) is 3.52. The van der Waals surface area contributed by atoms with Gasteiger partial charge < -0.3 is 5.11 Å². The van der Waals surface area contributed by atoms with Crippen molar-refractivity contribution in [3.8, 4) is 0 Å². The van der Waals surface area contributed by atoms with Gasteiger partial charge >= 0.3 is 5.97 Å². The van der Waals surface area contributed by atoms with Crippen molar-refractivity contribution >= 4 is 64.3 Å². The first kappa shape index (κ1) is 15.4. The van der Waals surface area contributed by atoms with E-state index in [9.17, 15) is 13.2 Å². The maximum absolute atomic E-state index is 12.1. The van der Waals surface area contributed by atoms with E-state index in [4.69, 9.17) is 5.11 Å². The summed E-state index contributed by atoms with van der Waals surface area (Å²) in [5.74, 6) is -1.22. The molecule has 20 heavy (non-hydrogen) atoms. The molecule has 0 radical (unpaired) electrons. The zero-order valence-electron chi connectivity index (χ0n) is 9.50. The standard InChI is InChI=1S/C10H6Br2N2O4S2/c11-7-2-1-5(3-6(7)9(15)16)20(17,18)14-10-13-4-8(12)19-10/h1-4H,(H,13,14)(H,15,16). The van der Waals surface area contributed by atoms with Crippen molar-refractivity contribution in [3.05, 3.63) is 38.2 Å². The number of nitrogens with zero attached hydrogens (tertiary/aromatic N) is 1. The lowest BCUT2D eigenvalue weighted by molar-refractivity contribution is 0.0695. The molecule has 10 heteroatoms. The molecule has 1 aromatic carbocycles. The number of hydrogen-bond acceptors (Lipinski definition) is 5. The van der Waals surface area contributed by atoms with Crippen molar-refractivity contribution in [1.82, 2.24) is 4.98 Å². The number of carboxylic acid groups (broad SMARTS) is 1. The van der Waals surface area contributed by atoms with Gasteiger partial charge in [-0.2, -0.15) is 0 Å². The summed E-state index contributed by atoms with van der Waals surface area (Å²) in [5.41, 5.74) is -0.131. The average Bonchev–Trinajstić information content (AvgIpc) is 2.73. The van der Waals surface area contributed by atoms with Gasteiger partial charge in [-0.25, -0.2) is 18.2 Å². The molecule has 0 saturated carbocycles. The molecule has 0 bridgehead atoms. The van der Waals surface area contributed by atoms with Gasteiger partial charge in [0.2, 0.25) is 0 Å². The molecule has 1 heterocycles. The molecule has 6 nitrogen and oxygen atoms in total. The highest BCUT2D eigenvalue weighted by Crippen LogP contribution is 2.27. The van der Waals surface area contributed by atoms with E-state index in [1.807, 2.05) is 0 Å². The number of halogens is 2. The van der Waals surface area contributed by atoms with Crippen LogP contribution in [-0.4, -0.2) is 24.5 Å². The Hall–Kier alpha value is -0.970. The summed E-state index contributed by atoms with van der Waals surface area (Å²) in [6, 6.07) is 3.76. The number of aromatic nitrogens is 1. The van der Waals surface area contributed by atoms with Crippen LogP contribution in [0.3, 0.4) is 0 Å². The minimum atomic E-state index is -3.88. The summed E-state index contributed by atoms with van der Waals surface area (Å²) in [7, 11) is -3.88. The predicted octanol–water partition coefficient (Wildman–Crippen LogP) is 3.17. The smallest absolute Gasteiger partial charge is 0.336 e. The number of aromatic carboxylic acids is 1. The summed E-state index contributed by atoms with van der Waals surface area (Å²) in [4.78, 5) is 14.7. The predicted molar refractivity (Wildman–Crippen MR) is 81.7 cm³/mol. The fourth-order valence-corrected chi connectivity index (χ4v) is 4.10. The van der Waals surface area contributed by atoms with Crippen LogP contribution in [0, 0.1) is 0 Å². The zero-order chi connectivity index (χ0) is 14.9. The Morgan fingerprint density at radius 3 is 2.60 bits per heavy atom. The summed E-state index contributed by atoms with van der Waals surface area (Å²) < 4.78 is 27.5. The van der Waals surface area contributed by atoms with Crippen molar-refractivity contribution in [3.63, 3.8) is 0 Å². The van der Waals surface area contributed by atoms with Crippen molar-refractivity contribution in [1.29, 1.82) is 0 Å². The average molecular weight is 442 g/mol. The maximum Gasteiger partial charge on any atom is 0.336 e. The van der Waals surface area contributed by atoms with Gasteiger partial charge in [-0.3, -0.25) is 4.72 Å². The third kappa shape index (κ3) is 3.37. The van der Waals surface area contributed by atoms with Crippen LogP contribution in [0.2, 0.25) is 0 Å². The molecule has 0 spiro atoms. The topological polar surface area (TPSA) is 96.4 Å². The number of rotatable bonds is 4. The molecular weight excluding hydrogens is 436 g/mol. The number of thiazole rings is 1. The minimum Gasteiger partial charge on any atom is -0.478 e. The summed E-state index contributed by atoms with van der Waals surface area (Å²) in [6.45, 7) is 0. The molecular formula is C10H6Br2N2O4S2. The van der Waals surface area contributed by atoms with Crippen LogP contribution in [0.1, 0.15) is 10.4 Å². The number of nitrogens with one attached hydrogen (secondary N) is 1. The number of sulfonamides is 1. The Bertz CT molecular complexity index is 773. The lowest BCUT2D eigenvalue weighted by Gasteiger charge is -2.07. The maximum atomic E-state index is 12.1. The summed E-state index contributed by atoms with van der Waals surface area (Å²) in [5, 5.41) is 9.18. The highest BCUT2D eigenvalue weighted by Gasteiger charge is 2.19. The van der Waals surface area contributed by atoms with Crippen molar-refractivity contribution in [2.45, 2.75) is 4.90 Å². The highest BCUT2D eigenvalue weighted by molar-refractivity contribution is 9.11. The van der Waals surface area contributed by atoms with Crippen LogP contribution < -0.4 is 4.72 Å². The third-order valence-corrected chi connectivity index (χ3v) is 5.73. The Morgan fingerprint density at radius 1 is 1.35 bits per heavy atom. The third-order valence-electron chi connectivity index (χ3n) is 2.18. The monoisotopic (exact) mass is 440 g/mol. The molecule has 0 fully saturated rings. The van der Waals surface area contributed by atoms with Gasteiger partial charge in [0.1, 0.15) is 0 Å². The first-order chi connectivity index (χ1) is 9.29. The summed E-state index contributed by atoms with van der Waals surface area (Å²) in [6.07, 6.45) is 1.47. The van der Waals surface area contributed by atoms with Crippen LogP contribution in [0.15, 0.2) is 37.6 Å². The molecule has 0 amide bonds. The zero-order valence-corrected chi connectivity index (χ0v) is 14.3. The Morgan fingerprint density at radius 2 is 2.05 bits per heavy atom. The molecule has 106 valence electrons. The first-order valence-corrected chi connectivity index (χ1v) is 8.85. The van der Waals surface area contributed by atoms with Gasteiger partial charge in [-0.05, 0) is 50.1 Å². The van der Waals surface area contributed by atoms with Crippen LogP contribution in [-0.2, 0) is 10.0 Å². The fourth-order valence-electron chi connectivity index (χ4n) is 1.31. The van der Waals surface area contributed by atoms with Gasteiger partial charge in [0.15, 0.2) is 5.13 Å². The lowest BCUT2D eigenvalue weighted by Crippen LogP contribution is -2.13. The van der Waals surface area contributed by atoms with E-state index in [1.165, 1.54) is 18.3 Å². The highest BCUT2D eigenvalue weighted by atomic mass is 79.9. The number of anilines is 1. The Labute approximate surface area is 135 Å². The summed E-state index contributed by atoms with van der Waals surface area (Å²) >= 11 is 7.34. The Balaban J connectivity index is 2.39. The van der Waals surface area contributed by atoms with E-state index < -0.39 is 16.0 Å². The molecule has 0 aliphatic heterocycles. The van der Waals surface area contributed by atoms with Gasteiger partial charge in [0.05, 0.1) is 20.4 Å². The lowest BCUT2D eigenvalue weighted by atomic mass is 10.2. The molecule has 1 aromatic heterocycles. The van der Waals surface area contributed by atoms with Gasteiger partial charge in [-0.15, -0.1) is 0 Å². The van der Waals surface area contributed by atoms with Gasteiger partial charge in [-0.1, -0.05) is 11.3 Å². The van der Waals surface area contributed by atoms with Crippen molar-refractivity contribution in [2.75, 3.05) is 4.72 Å².